The quantitative estimate of drug-likeness (QED) is 0.488. The highest BCUT2D eigenvalue weighted by Gasteiger charge is 2.33. The summed E-state index contributed by atoms with van der Waals surface area (Å²) >= 11 is 6.27. The maximum absolute atomic E-state index is 11.8. The summed E-state index contributed by atoms with van der Waals surface area (Å²) in [5.74, 6) is -0.488. The number of hydrogen-bond donors (Lipinski definition) is 0. The second kappa shape index (κ2) is 6.19. The Morgan fingerprint density at radius 1 is 1.40 bits per heavy atom. The lowest BCUT2D eigenvalue weighted by Gasteiger charge is -2.12. The van der Waals surface area contributed by atoms with E-state index in [0.29, 0.717) is 9.89 Å². The van der Waals surface area contributed by atoms with Crippen LogP contribution in [0.4, 0.5) is 4.79 Å². The molecule has 20 heavy (non-hydrogen) atoms. The van der Waals surface area contributed by atoms with Crippen LogP contribution >= 0.6 is 24.0 Å². The first-order valence-corrected chi connectivity index (χ1v) is 7.12. The minimum absolute atomic E-state index is 0.146. The van der Waals surface area contributed by atoms with Crippen molar-refractivity contribution in [3.63, 3.8) is 0 Å². The summed E-state index contributed by atoms with van der Waals surface area (Å²) in [6, 6.07) is 7.89. The van der Waals surface area contributed by atoms with Crippen LogP contribution in [0, 0.1) is 6.92 Å². The van der Waals surface area contributed by atoms with E-state index in [1.165, 1.54) is 12.0 Å². The summed E-state index contributed by atoms with van der Waals surface area (Å²) < 4.78 is 4.55. The van der Waals surface area contributed by atoms with E-state index >= 15 is 0 Å². The summed E-state index contributed by atoms with van der Waals surface area (Å²) in [6.45, 7) is 1.86. The summed E-state index contributed by atoms with van der Waals surface area (Å²) in [7, 11) is 1.28. The molecule has 2 rings (SSSR count). The van der Waals surface area contributed by atoms with Gasteiger partial charge in [-0.15, -0.1) is 0 Å². The van der Waals surface area contributed by atoms with Gasteiger partial charge in [0.1, 0.15) is 11.5 Å². The number of thioether (sulfide) groups is 1. The van der Waals surface area contributed by atoms with E-state index in [1.54, 1.807) is 0 Å². The molecule has 4 nitrogen and oxygen atoms in total. The SMILES string of the molecule is COC(=O)CN1C(=O)SC(=Cc2ccc(C)cc2)C1=S. The van der Waals surface area contributed by atoms with Crippen molar-refractivity contribution in [1.29, 1.82) is 0 Å². The average molecular weight is 307 g/mol. The van der Waals surface area contributed by atoms with Gasteiger partial charge in [-0.2, -0.15) is 0 Å². The fourth-order valence-electron chi connectivity index (χ4n) is 1.64. The number of hydrogen-bond acceptors (Lipinski definition) is 5. The van der Waals surface area contributed by atoms with Crippen LogP contribution in [0.5, 0.6) is 0 Å². The first-order valence-electron chi connectivity index (χ1n) is 5.90. The van der Waals surface area contributed by atoms with Gasteiger partial charge in [0, 0.05) is 0 Å². The van der Waals surface area contributed by atoms with Crippen LogP contribution in [0.15, 0.2) is 29.2 Å². The van der Waals surface area contributed by atoms with Crippen LogP contribution < -0.4 is 0 Å². The zero-order valence-electron chi connectivity index (χ0n) is 11.1. The largest absolute Gasteiger partial charge is 0.468 e. The molecule has 6 heteroatoms. The molecular weight excluding hydrogens is 294 g/mol. The number of aryl methyl sites for hydroxylation is 1. The number of methoxy groups -OCH3 is 1. The van der Waals surface area contributed by atoms with Crippen molar-refractivity contribution in [2.75, 3.05) is 13.7 Å². The fraction of sp³-hybridized carbons (Fsp3) is 0.214. The molecule has 0 saturated carbocycles. The van der Waals surface area contributed by atoms with Crippen LogP contribution in [0.1, 0.15) is 11.1 Å². The van der Waals surface area contributed by atoms with Gasteiger partial charge in [0.05, 0.1) is 12.0 Å². The average Bonchev–Trinajstić information content (AvgIpc) is 2.69. The Kier molecular flexibility index (Phi) is 4.57. The number of ether oxygens (including phenoxy) is 1. The normalized spacial score (nSPS) is 16.9. The molecule has 1 aliphatic heterocycles. The zero-order valence-corrected chi connectivity index (χ0v) is 12.7. The van der Waals surface area contributed by atoms with Gasteiger partial charge in [-0.25, -0.2) is 0 Å². The number of amides is 1. The molecule has 1 aromatic rings. The van der Waals surface area contributed by atoms with E-state index in [4.69, 9.17) is 12.2 Å². The lowest BCUT2D eigenvalue weighted by atomic mass is 10.1. The van der Waals surface area contributed by atoms with E-state index in [1.807, 2.05) is 37.3 Å². The smallest absolute Gasteiger partial charge is 0.325 e. The second-order valence-corrected chi connectivity index (χ2v) is 5.63. The minimum atomic E-state index is -0.488. The second-order valence-electron chi connectivity index (χ2n) is 4.25. The first kappa shape index (κ1) is 14.7. The molecule has 1 aromatic carbocycles. The third-order valence-corrected chi connectivity index (χ3v) is 4.26. The van der Waals surface area contributed by atoms with Crippen molar-refractivity contribution >= 4 is 46.3 Å². The molecule has 1 aliphatic rings. The first-order chi connectivity index (χ1) is 9.51. The molecule has 0 unspecified atom stereocenters. The maximum atomic E-state index is 11.8. The predicted octanol–water partition coefficient (Wildman–Crippen LogP) is 3.01. The van der Waals surface area contributed by atoms with E-state index in [-0.39, 0.29) is 11.8 Å². The van der Waals surface area contributed by atoms with E-state index in [9.17, 15) is 9.59 Å². The molecular formula is C14H13NO3S2. The van der Waals surface area contributed by atoms with Crippen LogP contribution in [0.3, 0.4) is 0 Å². The molecule has 0 aliphatic carbocycles. The van der Waals surface area contributed by atoms with Crippen molar-refractivity contribution in [2.45, 2.75) is 6.92 Å². The summed E-state index contributed by atoms with van der Waals surface area (Å²) in [4.78, 5) is 25.4. The summed E-state index contributed by atoms with van der Waals surface area (Å²) in [5, 5.41) is -0.251. The number of thiocarbonyl (C=S) groups is 1. The number of carbonyl (C=O) groups is 2. The van der Waals surface area contributed by atoms with Gasteiger partial charge < -0.3 is 4.74 Å². The molecule has 0 atom stereocenters. The number of benzene rings is 1. The zero-order chi connectivity index (χ0) is 14.7. The monoisotopic (exact) mass is 307 g/mol. The number of carbonyl (C=O) groups excluding carboxylic acids is 2. The third-order valence-electron chi connectivity index (χ3n) is 2.76. The van der Waals surface area contributed by atoms with Gasteiger partial charge in [0.2, 0.25) is 0 Å². The van der Waals surface area contributed by atoms with Gasteiger partial charge >= 0.3 is 5.97 Å². The van der Waals surface area contributed by atoms with Gasteiger partial charge in [-0.05, 0) is 30.3 Å². The van der Waals surface area contributed by atoms with E-state index < -0.39 is 5.97 Å². The number of esters is 1. The highest BCUT2D eigenvalue weighted by atomic mass is 32.2. The van der Waals surface area contributed by atoms with Crippen molar-refractivity contribution in [3.05, 3.63) is 40.3 Å². The van der Waals surface area contributed by atoms with Gasteiger partial charge in [-0.3, -0.25) is 14.5 Å². The van der Waals surface area contributed by atoms with Crippen LogP contribution in [-0.4, -0.2) is 34.8 Å². The molecule has 0 spiro atoms. The lowest BCUT2D eigenvalue weighted by Crippen LogP contribution is -2.33. The molecule has 0 bridgehead atoms. The molecule has 1 saturated heterocycles. The minimum Gasteiger partial charge on any atom is -0.468 e. The predicted molar refractivity (Wildman–Crippen MR) is 83.5 cm³/mol. The van der Waals surface area contributed by atoms with E-state index in [0.717, 1.165) is 22.9 Å². The molecule has 104 valence electrons. The van der Waals surface area contributed by atoms with Crippen molar-refractivity contribution in [1.82, 2.24) is 4.90 Å². The Hall–Kier alpha value is -1.66. The molecule has 1 heterocycles. The van der Waals surface area contributed by atoms with Crippen molar-refractivity contribution < 1.29 is 14.3 Å². The standard InChI is InChI=1S/C14H13NO3S2/c1-9-3-5-10(6-4-9)7-11-13(19)15(14(17)20-11)8-12(16)18-2/h3-7H,8H2,1-2H3. The van der Waals surface area contributed by atoms with E-state index in [2.05, 4.69) is 4.74 Å². The van der Waals surface area contributed by atoms with Gasteiger partial charge in [0.15, 0.2) is 0 Å². The molecule has 1 fully saturated rings. The fourth-order valence-corrected chi connectivity index (χ4v) is 2.88. The Bertz CT molecular complexity index is 593. The van der Waals surface area contributed by atoms with Gasteiger partial charge in [0.25, 0.3) is 5.24 Å². The highest BCUT2D eigenvalue weighted by molar-refractivity contribution is 8.19. The van der Waals surface area contributed by atoms with Crippen LogP contribution in [0.25, 0.3) is 6.08 Å². The van der Waals surface area contributed by atoms with Crippen LogP contribution in [-0.2, 0) is 9.53 Å². The third kappa shape index (κ3) is 3.26. The van der Waals surface area contributed by atoms with Crippen molar-refractivity contribution in [3.8, 4) is 0 Å². The Balaban J connectivity index is 2.19. The number of rotatable bonds is 3. The molecule has 0 N–H and O–H groups in total. The Labute approximate surface area is 126 Å². The van der Waals surface area contributed by atoms with Crippen LogP contribution in [0.2, 0.25) is 0 Å². The Morgan fingerprint density at radius 2 is 2.05 bits per heavy atom. The molecule has 1 amide bonds. The summed E-state index contributed by atoms with van der Waals surface area (Å²) in [5.41, 5.74) is 2.13. The molecule has 0 aromatic heterocycles. The maximum Gasteiger partial charge on any atom is 0.325 e. The number of nitrogens with zero attached hydrogens (tertiary/aromatic N) is 1. The highest BCUT2D eigenvalue weighted by Crippen LogP contribution is 2.33. The summed E-state index contributed by atoms with van der Waals surface area (Å²) in [6.07, 6.45) is 1.85. The van der Waals surface area contributed by atoms with Gasteiger partial charge in [-0.1, -0.05) is 42.0 Å². The topological polar surface area (TPSA) is 46.6 Å². The van der Waals surface area contributed by atoms with Crippen molar-refractivity contribution in [2.24, 2.45) is 0 Å². The molecule has 0 radical (unpaired) electrons. The lowest BCUT2D eigenvalue weighted by molar-refractivity contribution is -0.140. The Morgan fingerprint density at radius 3 is 2.65 bits per heavy atom.